The van der Waals surface area contributed by atoms with Crippen molar-refractivity contribution in [3.8, 4) is 5.69 Å². The lowest BCUT2D eigenvalue weighted by atomic mass is 10.0. The van der Waals surface area contributed by atoms with Gasteiger partial charge in [0.1, 0.15) is 11.4 Å². The van der Waals surface area contributed by atoms with Crippen molar-refractivity contribution in [3.05, 3.63) is 65.5 Å². The number of pyridine rings is 1. The summed E-state index contributed by atoms with van der Waals surface area (Å²) in [6.07, 6.45) is 9.53. The van der Waals surface area contributed by atoms with Gasteiger partial charge in [-0.25, -0.2) is 9.67 Å². The zero-order valence-electron chi connectivity index (χ0n) is 17.0. The number of allylic oxidation sites excluding steroid dienone is 4. The average molecular weight is 383 g/mol. The molecule has 3 rings (SSSR count). The molecule has 3 heterocycles. The Hall–Kier alpha value is -3.09. The van der Waals surface area contributed by atoms with Crippen LogP contribution >= 0.6 is 0 Å². The molecule has 0 fully saturated rings. The molecule has 6 nitrogen and oxygen atoms in total. The molecule has 0 spiro atoms. The van der Waals surface area contributed by atoms with Gasteiger partial charge in [0.15, 0.2) is 0 Å². The van der Waals surface area contributed by atoms with Gasteiger partial charge in [0.25, 0.3) is 0 Å². The fourth-order valence-electron chi connectivity index (χ4n) is 2.80. The van der Waals surface area contributed by atoms with E-state index in [1.807, 2.05) is 45.9 Å². The van der Waals surface area contributed by atoms with E-state index in [-0.39, 0.29) is 11.6 Å². The minimum absolute atomic E-state index is 0.0138. The molecule has 0 bridgehead atoms. The van der Waals surface area contributed by atoms with E-state index in [1.54, 1.807) is 30.2 Å². The molecular formula is C21H26FN5O. The predicted octanol–water partition coefficient (Wildman–Crippen LogP) is 3.88. The first-order valence-electron chi connectivity index (χ1n) is 9.35. The van der Waals surface area contributed by atoms with Gasteiger partial charge in [-0.1, -0.05) is 31.2 Å². The van der Waals surface area contributed by atoms with E-state index in [2.05, 4.69) is 15.3 Å². The van der Waals surface area contributed by atoms with Crippen LogP contribution in [-0.2, 0) is 4.79 Å². The normalized spacial score (nSPS) is 14.8. The van der Waals surface area contributed by atoms with Crippen LogP contribution in [0, 0.1) is 12.9 Å². The SMILES string of the molecule is C/C=C\C(=C/C1=CC(=O)N(C)CC1)c1nnn(-c2cccnc2F)c1C.CC. The summed E-state index contributed by atoms with van der Waals surface area (Å²) >= 11 is 0. The molecule has 0 saturated heterocycles. The number of nitrogens with zero attached hydrogens (tertiary/aromatic N) is 5. The maximum Gasteiger partial charge on any atom is 0.246 e. The Balaban J connectivity index is 0.00000136. The topological polar surface area (TPSA) is 63.9 Å². The van der Waals surface area contributed by atoms with Crippen LogP contribution in [0.15, 0.2) is 48.2 Å². The Morgan fingerprint density at radius 2 is 2.07 bits per heavy atom. The van der Waals surface area contributed by atoms with Crippen molar-refractivity contribution < 1.29 is 9.18 Å². The number of rotatable bonds is 4. The maximum atomic E-state index is 14.0. The van der Waals surface area contributed by atoms with Gasteiger partial charge in [0.05, 0.1) is 5.69 Å². The Labute approximate surface area is 165 Å². The number of aromatic nitrogens is 4. The van der Waals surface area contributed by atoms with Crippen LogP contribution in [0.5, 0.6) is 0 Å². The monoisotopic (exact) mass is 383 g/mol. The summed E-state index contributed by atoms with van der Waals surface area (Å²) in [5.74, 6) is -0.618. The molecule has 0 saturated carbocycles. The highest BCUT2D eigenvalue weighted by Gasteiger charge is 2.18. The summed E-state index contributed by atoms with van der Waals surface area (Å²) in [5.41, 5.74) is 3.34. The predicted molar refractivity (Wildman–Crippen MR) is 108 cm³/mol. The van der Waals surface area contributed by atoms with E-state index in [9.17, 15) is 9.18 Å². The van der Waals surface area contributed by atoms with Crippen LogP contribution in [0.1, 0.15) is 38.6 Å². The highest BCUT2D eigenvalue weighted by molar-refractivity contribution is 5.90. The van der Waals surface area contributed by atoms with Gasteiger partial charge in [-0.05, 0) is 44.1 Å². The number of halogens is 1. The first-order chi connectivity index (χ1) is 13.5. The summed E-state index contributed by atoms with van der Waals surface area (Å²) < 4.78 is 15.4. The molecule has 0 atom stereocenters. The molecule has 0 unspecified atom stereocenters. The third-order valence-corrected chi connectivity index (χ3v) is 4.24. The van der Waals surface area contributed by atoms with Crippen LogP contribution in [0.2, 0.25) is 0 Å². The third-order valence-electron chi connectivity index (χ3n) is 4.24. The van der Waals surface area contributed by atoms with Crippen molar-refractivity contribution in [1.29, 1.82) is 0 Å². The smallest absolute Gasteiger partial charge is 0.246 e. The Kier molecular flexibility index (Phi) is 7.37. The summed E-state index contributed by atoms with van der Waals surface area (Å²) in [6.45, 7) is 8.41. The number of carbonyl (C=O) groups excluding carboxylic acids is 1. The van der Waals surface area contributed by atoms with Gasteiger partial charge in [0.2, 0.25) is 11.9 Å². The summed E-state index contributed by atoms with van der Waals surface area (Å²) in [7, 11) is 1.78. The third kappa shape index (κ3) is 4.60. The maximum absolute atomic E-state index is 14.0. The average Bonchev–Trinajstić information content (AvgIpc) is 3.07. The number of likely N-dealkylation sites (N-methyl/N-ethyl adjacent to an activating group) is 1. The quantitative estimate of drug-likeness (QED) is 0.594. The van der Waals surface area contributed by atoms with E-state index < -0.39 is 5.95 Å². The minimum Gasteiger partial charge on any atom is -0.342 e. The molecule has 148 valence electrons. The molecule has 2 aromatic rings. The van der Waals surface area contributed by atoms with E-state index in [1.165, 1.54) is 10.9 Å². The Morgan fingerprint density at radius 3 is 2.71 bits per heavy atom. The van der Waals surface area contributed by atoms with Gasteiger partial charge in [-0.2, -0.15) is 4.39 Å². The lowest BCUT2D eigenvalue weighted by Crippen LogP contribution is -2.29. The largest absolute Gasteiger partial charge is 0.342 e. The van der Waals surface area contributed by atoms with Crippen LogP contribution in [0.4, 0.5) is 4.39 Å². The zero-order chi connectivity index (χ0) is 20.7. The molecular weight excluding hydrogens is 357 g/mol. The van der Waals surface area contributed by atoms with Crippen LogP contribution in [-0.4, -0.2) is 44.4 Å². The van der Waals surface area contributed by atoms with Crippen molar-refractivity contribution in [2.75, 3.05) is 13.6 Å². The Morgan fingerprint density at radius 1 is 1.32 bits per heavy atom. The van der Waals surface area contributed by atoms with E-state index >= 15 is 0 Å². The molecule has 28 heavy (non-hydrogen) atoms. The van der Waals surface area contributed by atoms with E-state index in [0.717, 1.165) is 17.6 Å². The molecule has 1 aliphatic rings. The molecule has 2 aromatic heterocycles. The molecule has 1 aliphatic heterocycles. The van der Waals surface area contributed by atoms with Crippen molar-refractivity contribution in [3.63, 3.8) is 0 Å². The lowest BCUT2D eigenvalue weighted by molar-refractivity contribution is -0.125. The lowest BCUT2D eigenvalue weighted by Gasteiger charge is -2.20. The number of hydrogen-bond acceptors (Lipinski definition) is 4. The second-order valence-electron chi connectivity index (χ2n) is 6.08. The fraction of sp³-hybridized carbons (Fsp3) is 0.333. The Bertz CT molecular complexity index is 927. The standard InChI is InChI=1S/C19H20FN5O.C2H6/c1-4-6-15(11-14-8-10-24(3)17(26)12-14)18-13(2)25(23-22-18)16-7-5-9-21-19(16)20;1-2/h4-7,9,11-12H,8,10H2,1-3H3;1-2H3/b6-4-,15-11+;. The van der Waals surface area contributed by atoms with Crippen molar-refractivity contribution in [2.24, 2.45) is 0 Å². The van der Waals surface area contributed by atoms with Crippen molar-refractivity contribution >= 4 is 11.5 Å². The molecule has 1 amide bonds. The first-order valence-corrected chi connectivity index (χ1v) is 9.35. The highest BCUT2D eigenvalue weighted by Crippen LogP contribution is 2.24. The molecule has 0 radical (unpaired) electrons. The van der Waals surface area contributed by atoms with E-state index in [0.29, 0.717) is 17.9 Å². The van der Waals surface area contributed by atoms with Gasteiger partial charge >= 0.3 is 0 Å². The molecule has 0 N–H and O–H groups in total. The number of carbonyl (C=O) groups is 1. The number of amides is 1. The molecule has 7 heteroatoms. The van der Waals surface area contributed by atoms with E-state index in [4.69, 9.17) is 0 Å². The zero-order valence-corrected chi connectivity index (χ0v) is 17.0. The highest BCUT2D eigenvalue weighted by atomic mass is 19.1. The second kappa shape index (κ2) is 9.73. The van der Waals surface area contributed by atoms with Gasteiger partial charge < -0.3 is 4.90 Å². The summed E-state index contributed by atoms with van der Waals surface area (Å²) in [6, 6.07) is 3.25. The number of hydrogen-bond donors (Lipinski definition) is 0. The van der Waals surface area contributed by atoms with Gasteiger partial charge in [-0.15, -0.1) is 5.10 Å². The first kappa shape index (κ1) is 21.2. The summed E-state index contributed by atoms with van der Waals surface area (Å²) in [5, 5.41) is 8.32. The van der Waals surface area contributed by atoms with Gasteiger partial charge in [0, 0.05) is 31.4 Å². The van der Waals surface area contributed by atoms with Crippen LogP contribution in [0.25, 0.3) is 11.3 Å². The minimum atomic E-state index is -0.604. The van der Waals surface area contributed by atoms with Gasteiger partial charge in [-0.3, -0.25) is 4.79 Å². The van der Waals surface area contributed by atoms with Crippen molar-refractivity contribution in [1.82, 2.24) is 24.9 Å². The van der Waals surface area contributed by atoms with Crippen LogP contribution in [0.3, 0.4) is 0 Å². The second-order valence-corrected chi connectivity index (χ2v) is 6.08. The van der Waals surface area contributed by atoms with Crippen LogP contribution < -0.4 is 0 Å². The molecule has 0 aliphatic carbocycles. The van der Waals surface area contributed by atoms with Crippen molar-refractivity contribution in [2.45, 2.75) is 34.1 Å². The fourth-order valence-corrected chi connectivity index (χ4v) is 2.80. The molecule has 0 aromatic carbocycles. The summed E-state index contributed by atoms with van der Waals surface area (Å²) in [4.78, 5) is 17.2.